The molecule has 1 saturated heterocycles. The van der Waals surface area contributed by atoms with Crippen LogP contribution in [-0.4, -0.2) is 37.9 Å². The summed E-state index contributed by atoms with van der Waals surface area (Å²) in [5.74, 6) is -1.31. The lowest BCUT2D eigenvalue weighted by atomic mass is 9.79. The molecule has 2 aliphatic heterocycles. The minimum atomic E-state index is -1.77. The monoisotopic (exact) mass is 486 g/mol. The number of primary amides is 1. The van der Waals surface area contributed by atoms with Gasteiger partial charge in [0.2, 0.25) is 5.91 Å². The summed E-state index contributed by atoms with van der Waals surface area (Å²) in [4.78, 5) is 12.3. The van der Waals surface area contributed by atoms with Crippen LogP contribution in [0, 0.1) is 5.82 Å². The van der Waals surface area contributed by atoms with Gasteiger partial charge in [-0.1, -0.05) is 54.1 Å². The van der Waals surface area contributed by atoms with Crippen LogP contribution in [0.5, 0.6) is 5.75 Å². The van der Waals surface area contributed by atoms with E-state index in [2.05, 4.69) is 5.32 Å². The molecule has 8 heteroatoms. The predicted molar refractivity (Wildman–Crippen MR) is 126 cm³/mol. The van der Waals surface area contributed by atoms with Crippen molar-refractivity contribution in [3.63, 3.8) is 0 Å². The zero-order valence-corrected chi connectivity index (χ0v) is 19.4. The molecule has 5 rings (SSSR count). The third kappa shape index (κ3) is 3.54. The topological polar surface area (TPSA) is 73.6 Å². The van der Waals surface area contributed by atoms with Gasteiger partial charge in [0, 0.05) is 41.9 Å². The van der Waals surface area contributed by atoms with Crippen LogP contribution in [0.15, 0.2) is 54.1 Å². The van der Waals surface area contributed by atoms with Crippen molar-refractivity contribution in [2.45, 2.75) is 43.2 Å². The number of nitrogens with one attached hydrogen (secondary N) is 1. The van der Waals surface area contributed by atoms with Crippen molar-refractivity contribution < 1.29 is 23.0 Å². The Hall–Kier alpha value is -2.74. The molecule has 4 atom stereocenters. The molecule has 3 aliphatic rings. The van der Waals surface area contributed by atoms with E-state index in [1.54, 1.807) is 0 Å². The van der Waals surface area contributed by atoms with E-state index in [0.717, 1.165) is 24.9 Å². The fourth-order valence-corrected chi connectivity index (χ4v) is 5.69. The van der Waals surface area contributed by atoms with Crippen LogP contribution in [0.3, 0.4) is 0 Å². The second kappa shape index (κ2) is 8.80. The molecule has 0 radical (unpaired) electrons. The van der Waals surface area contributed by atoms with Gasteiger partial charge in [0.25, 0.3) is 0 Å². The number of ether oxygens (including phenoxy) is 2. The van der Waals surface area contributed by atoms with Gasteiger partial charge in [-0.15, -0.1) is 0 Å². The molecular formula is C26H25ClF2N2O3. The Kier molecular flexibility index (Phi) is 5.96. The average molecular weight is 487 g/mol. The lowest BCUT2D eigenvalue weighted by Crippen LogP contribution is -2.48. The van der Waals surface area contributed by atoms with E-state index in [-0.39, 0.29) is 33.5 Å². The van der Waals surface area contributed by atoms with Gasteiger partial charge in [0.05, 0.1) is 11.1 Å². The SMILES string of the molecule is COC1C=CC(C(N)=O)=C(c2c(Cl)c(F)cc3c2C[C@](c2ccccc2)([C@@H]2CCCN2)O3)C1F. The fourth-order valence-electron chi connectivity index (χ4n) is 5.42. The van der Waals surface area contributed by atoms with E-state index < -0.39 is 29.6 Å². The summed E-state index contributed by atoms with van der Waals surface area (Å²) < 4.78 is 42.6. The second-order valence-electron chi connectivity index (χ2n) is 8.86. The van der Waals surface area contributed by atoms with Crippen LogP contribution < -0.4 is 15.8 Å². The highest BCUT2D eigenvalue weighted by atomic mass is 35.5. The molecule has 1 amide bonds. The molecule has 1 aliphatic carbocycles. The summed E-state index contributed by atoms with van der Waals surface area (Å²) in [6.07, 6.45) is 2.27. The number of hydrogen-bond acceptors (Lipinski definition) is 4. The van der Waals surface area contributed by atoms with Crippen LogP contribution in [0.4, 0.5) is 8.78 Å². The van der Waals surface area contributed by atoms with Gasteiger partial charge in [-0.05, 0) is 24.9 Å². The van der Waals surface area contributed by atoms with E-state index in [1.165, 1.54) is 25.3 Å². The van der Waals surface area contributed by atoms with Crippen LogP contribution in [0.2, 0.25) is 5.02 Å². The predicted octanol–water partition coefficient (Wildman–Crippen LogP) is 4.22. The number of methoxy groups -OCH3 is 1. The summed E-state index contributed by atoms with van der Waals surface area (Å²) in [6, 6.07) is 10.9. The molecule has 3 N–H and O–H groups in total. The molecule has 2 heterocycles. The number of halogens is 3. The minimum absolute atomic E-state index is 0.0410. The van der Waals surface area contributed by atoms with Crippen LogP contribution >= 0.6 is 11.6 Å². The van der Waals surface area contributed by atoms with Crippen molar-refractivity contribution in [1.82, 2.24) is 5.32 Å². The summed E-state index contributed by atoms with van der Waals surface area (Å²) in [6.45, 7) is 0.838. The van der Waals surface area contributed by atoms with Gasteiger partial charge < -0.3 is 20.5 Å². The Morgan fingerprint density at radius 3 is 2.74 bits per heavy atom. The molecule has 0 saturated carbocycles. The maximum absolute atomic E-state index is 15.7. The molecule has 1 fully saturated rings. The van der Waals surface area contributed by atoms with Gasteiger partial charge in [-0.2, -0.15) is 0 Å². The number of nitrogens with two attached hydrogens (primary N) is 1. The van der Waals surface area contributed by atoms with E-state index in [9.17, 15) is 4.79 Å². The number of carbonyl (C=O) groups excluding carboxylic acids is 1. The zero-order chi connectivity index (χ0) is 24.0. The first-order chi connectivity index (χ1) is 16.4. The van der Waals surface area contributed by atoms with Gasteiger partial charge in [-0.25, -0.2) is 8.78 Å². The number of fused-ring (bicyclic) bond motifs is 1. The number of rotatable bonds is 5. The number of benzene rings is 2. The van der Waals surface area contributed by atoms with Crippen molar-refractivity contribution in [2.75, 3.05) is 13.7 Å². The average Bonchev–Trinajstić information content (AvgIpc) is 3.50. The Morgan fingerprint density at radius 1 is 1.32 bits per heavy atom. The van der Waals surface area contributed by atoms with Gasteiger partial charge in [0.15, 0.2) is 11.8 Å². The number of alkyl halides is 1. The highest BCUT2D eigenvalue weighted by Crippen LogP contribution is 2.51. The van der Waals surface area contributed by atoms with E-state index >= 15 is 8.78 Å². The number of hydrogen-bond donors (Lipinski definition) is 2. The van der Waals surface area contributed by atoms with Crippen molar-refractivity contribution in [2.24, 2.45) is 5.73 Å². The van der Waals surface area contributed by atoms with E-state index in [1.807, 2.05) is 30.3 Å². The summed E-state index contributed by atoms with van der Waals surface area (Å²) in [5.41, 5.74) is 6.19. The molecule has 5 nitrogen and oxygen atoms in total. The highest BCUT2D eigenvalue weighted by molar-refractivity contribution is 6.33. The smallest absolute Gasteiger partial charge is 0.249 e. The first-order valence-electron chi connectivity index (χ1n) is 11.3. The first kappa shape index (κ1) is 23.0. The largest absolute Gasteiger partial charge is 0.480 e. The molecular weight excluding hydrogens is 462 g/mol. The zero-order valence-electron chi connectivity index (χ0n) is 18.6. The molecule has 0 aromatic heterocycles. The third-order valence-corrected chi connectivity index (χ3v) is 7.39. The van der Waals surface area contributed by atoms with Gasteiger partial charge >= 0.3 is 0 Å². The fraction of sp³-hybridized carbons (Fsp3) is 0.346. The lowest BCUT2D eigenvalue weighted by Gasteiger charge is -2.35. The van der Waals surface area contributed by atoms with E-state index in [4.69, 9.17) is 26.8 Å². The number of amides is 1. The summed E-state index contributed by atoms with van der Waals surface area (Å²) in [5, 5.41) is 3.24. The second-order valence-corrected chi connectivity index (χ2v) is 9.24. The molecule has 34 heavy (non-hydrogen) atoms. The first-order valence-corrected chi connectivity index (χ1v) is 11.6. The van der Waals surface area contributed by atoms with Gasteiger partial charge in [0.1, 0.15) is 17.7 Å². The molecule has 2 aromatic carbocycles. The Morgan fingerprint density at radius 2 is 2.09 bits per heavy atom. The molecule has 2 aromatic rings. The van der Waals surface area contributed by atoms with E-state index in [0.29, 0.717) is 12.0 Å². The Bertz CT molecular complexity index is 1190. The maximum Gasteiger partial charge on any atom is 0.249 e. The molecule has 2 unspecified atom stereocenters. The summed E-state index contributed by atoms with van der Waals surface area (Å²) in [7, 11) is 1.36. The van der Waals surface area contributed by atoms with Crippen molar-refractivity contribution >= 4 is 23.1 Å². The highest BCUT2D eigenvalue weighted by Gasteiger charge is 2.50. The standard InChI is InChI=1S/C26H25ClF2N2O3/c1-33-18-10-9-15(25(30)32)22(24(18)29)21-16-13-26(20-8-5-11-31-20,14-6-3-2-4-7-14)34-19(16)12-17(28)23(21)27/h2-4,6-7,9-10,12,18,20,24,31H,5,8,11,13H2,1H3,(H2,30,32)/t18?,20-,24?,26-/m0/s1. The quantitative estimate of drug-likeness (QED) is 0.663. The van der Waals surface area contributed by atoms with Crippen molar-refractivity contribution in [3.05, 3.63) is 81.7 Å². The summed E-state index contributed by atoms with van der Waals surface area (Å²) >= 11 is 6.47. The van der Waals surface area contributed by atoms with Crippen molar-refractivity contribution in [1.29, 1.82) is 0 Å². The Balaban J connectivity index is 1.73. The molecule has 0 spiro atoms. The molecule has 0 bridgehead atoms. The lowest BCUT2D eigenvalue weighted by molar-refractivity contribution is -0.114. The third-order valence-electron chi connectivity index (χ3n) is 7.02. The number of carbonyl (C=O) groups is 1. The Labute approximate surface area is 201 Å². The maximum atomic E-state index is 15.7. The molecule has 178 valence electrons. The van der Waals surface area contributed by atoms with Gasteiger partial charge in [-0.3, -0.25) is 4.79 Å². The van der Waals surface area contributed by atoms with Crippen LogP contribution in [0.25, 0.3) is 5.57 Å². The normalized spacial score (nSPS) is 28.2. The van der Waals surface area contributed by atoms with Crippen LogP contribution in [-0.2, 0) is 21.6 Å². The minimum Gasteiger partial charge on any atom is -0.480 e. The van der Waals surface area contributed by atoms with Crippen LogP contribution in [0.1, 0.15) is 29.5 Å². The van der Waals surface area contributed by atoms with Crippen molar-refractivity contribution in [3.8, 4) is 5.75 Å².